The zero-order valence-corrected chi connectivity index (χ0v) is 19.6. The average Bonchev–Trinajstić information content (AvgIpc) is 3.13. The first kappa shape index (κ1) is 24.3. The summed E-state index contributed by atoms with van der Waals surface area (Å²) in [7, 11) is 0. The molecule has 3 N–H and O–H groups in total. The third-order valence-corrected chi connectivity index (χ3v) is 6.60. The van der Waals surface area contributed by atoms with Crippen molar-refractivity contribution in [1.29, 1.82) is 0 Å². The number of amides is 2. The smallest absolute Gasteiger partial charge is 0.408 e. The molecular formula is C26H32N2O5. The number of nitrogens with one attached hydrogen (secondary N) is 2. The third kappa shape index (κ3) is 4.87. The largest absolute Gasteiger partial charge is 0.481 e. The highest BCUT2D eigenvalue weighted by molar-refractivity contribution is 5.90. The van der Waals surface area contributed by atoms with Crippen LogP contribution in [0.4, 0.5) is 4.79 Å². The van der Waals surface area contributed by atoms with E-state index < -0.39 is 28.9 Å². The van der Waals surface area contributed by atoms with Crippen LogP contribution in [0.2, 0.25) is 0 Å². The van der Waals surface area contributed by atoms with E-state index in [1.54, 1.807) is 13.8 Å². The van der Waals surface area contributed by atoms with Crippen molar-refractivity contribution in [2.45, 2.75) is 52.0 Å². The van der Waals surface area contributed by atoms with Crippen LogP contribution in [0.1, 0.15) is 57.6 Å². The highest BCUT2D eigenvalue weighted by atomic mass is 16.5. The highest BCUT2D eigenvalue weighted by Gasteiger charge is 2.39. The van der Waals surface area contributed by atoms with Gasteiger partial charge in [-0.15, -0.1) is 0 Å². The van der Waals surface area contributed by atoms with Gasteiger partial charge in [-0.25, -0.2) is 4.79 Å². The van der Waals surface area contributed by atoms with Gasteiger partial charge in [0.2, 0.25) is 5.91 Å². The molecule has 3 rings (SSSR count). The van der Waals surface area contributed by atoms with Gasteiger partial charge in [-0.2, -0.15) is 0 Å². The van der Waals surface area contributed by atoms with E-state index in [1.807, 2.05) is 36.4 Å². The standard InChI is InChI=1S/C26H32N2O5/c1-5-26(6-2,22(29)27-16-25(3,4)23(30)31)28-24(32)33-15-21-19-13-9-7-11-17(19)18-12-8-10-14-20(18)21/h7-14,21H,5-6,15-16H2,1-4H3,(H,27,29)(H,28,32)(H,30,31). The molecule has 0 aliphatic heterocycles. The van der Waals surface area contributed by atoms with E-state index >= 15 is 0 Å². The summed E-state index contributed by atoms with van der Waals surface area (Å²) >= 11 is 0. The van der Waals surface area contributed by atoms with Crippen molar-refractivity contribution < 1.29 is 24.2 Å². The summed E-state index contributed by atoms with van der Waals surface area (Å²) in [5.41, 5.74) is 2.19. The lowest BCUT2D eigenvalue weighted by atomic mass is 9.89. The number of ether oxygens (including phenoxy) is 1. The normalized spacial score (nSPS) is 13.1. The summed E-state index contributed by atoms with van der Waals surface area (Å²) in [6, 6.07) is 16.1. The molecule has 0 heterocycles. The minimum absolute atomic E-state index is 0.0463. The number of carbonyl (C=O) groups excluding carboxylic acids is 2. The Labute approximate surface area is 194 Å². The van der Waals surface area contributed by atoms with Crippen molar-refractivity contribution in [2.75, 3.05) is 13.2 Å². The van der Waals surface area contributed by atoms with E-state index in [2.05, 4.69) is 22.8 Å². The fraction of sp³-hybridized carbons (Fsp3) is 0.423. The van der Waals surface area contributed by atoms with Crippen LogP contribution in [0.25, 0.3) is 11.1 Å². The van der Waals surface area contributed by atoms with Gasteiger partial charge in [0.15, 0.2) is 0 Å². The quantitative estimate of drug-likeness (QED) is 0.526. The molecule has 0 fully saturated rings. The molecule has 0 saturated carbocycles. The Morgan fingerprint density at radius 2 is 1.45 bits per heavy atom. The average molecular weight is 453 g/mol. The van der Waals surface area contributed by atoms with Crippen molar-refractivity contribution in [2.24, 2.45) is 5.41 Å². The highest BCUT2D eigenvalue weighted by Crippen LogP contribution is 2.44. The minimum Gasteiger partial charge on any atom is -0.481 e. The van der Waals surface area contributed by atoms with Crippen LogP contribution in [0.3, 0.4) is 0 Å². The number of carbonyl (C=O) groups is 3. The van der Waals surface area contributed by atoms with Crippen molar-refractivity contribution in [3.05, 3.63) is 59.7 Å². The van der Waals surface area contributed by atoms with Crippen LogP contribution in [0.15, 0.2) is 48.5 Å². The maximum absolute atomic E-state index is 12.9. The molecule has 0 spiro atoms. The van der Waals surface area contributed by atoms with Gasteiger partial charge >= 0.3 is 12.1 Å². The molecule has 7 nitrogen and oxygen atoms in total. The Balaban J connectivity index is 1.68. The third-order valence-electron chi connectivity index (χ3n) is 6.60. The van der Waals surface area contributed by atoms with E-state index in [0.29, 0.717) is 12.8 Å². The van der Waals surface area contributed by atoms with Crippen LogP contribution in [-0.4, -0.2) is 41.8 Å². The summed E-state index contributed by atoms with van der Waals surface area (Å²) in [6.45, 7) is 6.78. The van der Waals surface area contributed by atoms with Crippen LogP contribution < -0.4 is 10.6 Å². The second kappa shape index (κ2) is 9.65. The maximum Gasteiger partial charge on any atom is 0.408 e. The van der Waals surface area contributed by atoms with E-state index in [1.165, 1.54) is 13.8 Å². The monoisotopic (exact) mass is 452 g/mol. The molecule has 33 heavy (non-hydrogen) atoms. The van der Waals surface area contributed by atoms with Gasteiger partial charge in [0, 0.05) is 12.5 Å². The molecule has 1 aliphatic rings. The zero-order chi connectivity index (χ0) is 24.2. The van der Waals surface area contributed by atoms with E-state index in [4.69, 9.17) is 4.74 Å². The number of alkyl carbamates (subject to hydrolysis) is 1. The Kier molecular flexibility index (Phi) is 7.10. The predicted molar refractivity (Wildman–Crippen MR) is 126 cm³/mol. The Hall–Kier alpha value is -3.35. The second-order valence-corrected chi connectivity index (χ2v) is 9.11. The Morgan fingerprint density at radius 3 is 1.94 bits per heavy atom. The Bertz CT molecular complexity index is 997. The summed E-state index contributed by atoms with van der Waals surface area (Å²) in [5, 5.41) is 14.7. The van der Waals surface area contributed by atoms with Gasteiger partial charge in [0.1, 0.15) is 12.1 Å². The molecule has 0 aromatic heterocycles. The number of rotatable bonds is 9. The van der Waals surface area contributed by atoms with Gasteiger partial charge in [-0.1, -0.05) is 62.4 Å². The fourth-order valence-electron chi connectivity index (χ4n) is 4.18. The number of carboxylic acids is 1. The molecular weight excluding hydrogens is 420 g/mol. The second-order valence-electron chi connectivity index (χ2n) is 9.11. The number of benzene rings is 2. The number of hydrogen-bond donors (Lipinski definition) is 3. The molecule has 0 radical (unpaired) electrons. The predicted octanol–water partition coefficient (Wildman–Crippen LogP) is 4.31. The minimum atomic E-state index is -1.18. The van der Waals surface area contributed by atoms with Gasteiger partial charge in [0.25, 0.3) is 0 Å². The van der Waals surface area contributed by atoms with Crippen molar-refractivity contribution in [1.82, 2.24) is 10.6 Å². The maximum atomic E-state index is 12.9. The molecule has 7 heteroatoms. The molecule has 2 aromatic carbocycles. The van der Waals surface area contributed by atoms with E-state index in [0.717, 1.165) is 22.3 Å². The summed E-state index contributed by atoms with van der Waals surface area (Å²) in [5.74, 6) is -1.51. The molecule has 0 unspecified atom stereocenters. The van der Waals surface area contributed by atoms with Gasteiger partial charge in [-0.3, -0.25) is 9.59 Å². The molecule has 2 amide bonds. The topological polar surface area (TPSA) is 105 Å². The van der Waals surface area contributed by atoms with Crippen LogP contribution in [0.5, 0.6) is 0 Å². The van der Waals surface area contributed by atoms with Crippen molar-refractivity contribution >= 4 is 18.0 Å². The number of hydrogen-bond acceptors (Lipinski definition) is 4. The lowest BCUT2D eigenvalue weighted by Crippen LogP contribution is -2.59. The van der Waals surface area contributed by atoms with Crippen molar-refractivity contribution in [3.63, 3.8) is 0 Å². The number of aliphatic carboxylic acids is 1. The Morgan fingerprint density at radius 1 is 0.939 bits per heavy atom. The van der Waals surface area contributed by atoms with Gasteiger partial charge in [-0.05, 0) is 48.9 Å². The van der Waals surface area contributed by atoms with Crippen LogP contribution >= 0.6 is 0 Å². The summed E-state index contributed by atoms with van der Waals surface area (Å²) in [6.07, 6.45) is 0.00766. The first-order valence-corrected chi connectivity index (χ1v) is 11.3. The van der Waals surface area contributed by atoms with Crippen molar-refractivity contribution in [3.8, 4) is 11.1 Å². The number of carboxylic acid groups (broad SMARTS) is 1. The first-order chi connectivity index (χ1) is 15.6. The van der Waals surface area contributed by atoms with Crippen LogP contribution in [0, 0.1) is 5.41 Å². The van der Waals surface area contributed by atoms with E-state index in [9.17, 15) is 19.5 Å². The van der Waals surface area contributed by atoms with Gasteiger partial charge < -0.3 is 20.5 Å². The molecule has 0 atom stereocenters. The molecule has 1 aliphatic carbocycles. The summed E-state index contributed by atoms with van der Waals surface area (Å²) < 4.78 is 5.61. The fourth-order valence-corrected chi connectivity index (χ4v) is 4.18. The van der Waals surface area contributed by atoms with Crippen LogP contribution in [-0.2, 0) is 14.3 Å². The number of fused-ring (bicyclic) bond motifs is 3. The zero-order valence-electron chi connectivity index (χ0n) is 19.6. The molecule has 0 saturated heterocycles. The lowest BCUT2D eigenvalue weighted by Gasteiger charge is -2.32. The van der Waals surface area contributed by atoms with Gasteiger partial charge in [0.05, 0.1) is 5.41 Å². The molecule has 2 aromatic rings. The SMILES string of the molecule is CCC(CC)(NC(=O)OCC1c2ccccc2-c2ccccc21)C(=O)NCC(C)(C)C(=O)O. The molecule has 176 valence electrons. The van der Waals surface area contributed by atoms with E-state index in [-0.39, 0.29) is 19.1 Å². The summed E-state index contributed by atoms with van der Waals surface area (Å²) in [4.78, 5) is 37.1. The molecule has 0 bridgehead atoms. The first-order valence-electron chi connectivity index (χ1n) is 11.3. The lowest BCUT2D eigenvalue weighted by molar-refractivity contribution is -0.147.